The second kappa shape index (κ2) is 5.27. The third kappa shape index (κ3) is 2.63. The molecule has 18 heavy (non-hydrogen) atoms. The molecule has 0 aliphatic rings. The Labute approximate surface area is 104 Å². The van der Waals surface area contributed by atoms with Crippen LogP contribution in [-0.2, 0) is 14.3 Å². The van der Waals surface area contributed by atoms with Crippen LogP contribution in [0.25, 0.3) is 10.9 Å². The molecule has 1 N–H and O–H groups in total. The van der Waals surface area contributed by atoms with E-state index in [4.69, 9.17) is 0 Å². The number of nitrogens with zero attached hydrogens (tertiary/aromatic N) is 1. The van der Waals surface area contributed by atoms with Crippen LogP contribution >= 0.6 is 0 Å². The zero-order chi connectivity index (χ0) is 13.0. The van der Waals surface area contributed by atoms with Crippen LogP contribution in [0.1, 0.15) is 6.92 Å². The molecular formula is C13H12N2O3. The number of aromatic nitrogens is 1. The number of amides is 1. The van der Waals surface area contributed by atoms with Crippen molar-refractivity contribution in [2.45, 2.75) is 6.92 Å². The van der Waals surface area contributed by atoms with E-state index in [9.17, 15) is 9.59 Å². The van der Waals surface area contributed by atoms with Gasteiger partial charge in [-0.05, 0) is 31.2 Å². The van der Waals surface area contributed by atoms with Crippen molar-refractivity contribution in [3.8, 4) is 0 Å². The van der Waals surface area contributed by atoms with Gasteiger partial charge in [-0.25, -0.2) is 4.79 Å². The lowest BCUT2D eigenvalue weighted by molar-refractivity contribution is -0.152. The zero-order valence-corrected chi connectivity index (χ0v) is 9.84. The van der Waals surface area contributed by atoms with Crippen LogP contribution in [0.3, 0.4) is 0 Å². The lowest BCUT2D eigenvalue weighted by Gasteiger charge is -2.05. The van der Waals surface area contributed by atoms with Crippen molar-refractivity contribution in [2.24, 2.45) is 0 Å². The van der Waals surface area contributed by atoms with Gasteiger partial charge in [-0.2, -0.15) is 0 Å². The summed E-state index contributed by atoms with van der Waals surface area (Å²) in [6.07, 6.45) is 1.69. The molecule has 0 aliphatic heterocycles. The molecule has 1 heterocycles. The molecule has 2 rings (SSSR count). The number of hydrogen-bond donors (Lipinski definition) is 1. The fourth-order valence-electron chi connectivity index (χ4n) is 1.53. The van der Waals surface area contributed by atoms with Crippen LogP contribution in [0.4, 0.5) is 5.69 Å². The fraction of sp³-hybridized carbons (Fsp3) is 0.154. The highest BCUT2D eigenvalue weighted by atomic mass is 16.5. The molecule has 2 aromatic rings. The van der Waals surface area contributed by atoms with Gasteiger partial charge in [-0.3, -0.25) is 9.78 Å². The van der Waals surface area contributed by atoms with Gasteiger partial charge in [0.25, 0.3) is 0 Å². The number of fused-ring (bicyclic) bond motifs is 1. The Morgan fingerprint density at radius 3 is 2.94 bits per heavy atom. The van der Waals surface area contributed by atoms with E-state index in [-0.39, 0.29) is 6.61 Å². The van der Waals surface area contributed by atoms with Crippen molar-refractivity contribution < 1.29 is 14.3 Å². The van der Waals surface area contributed by atoms with Gasteiger partial charge in [-0.1, -0.05) is 6.07 Å². The number of nitrogens with one attached hydrogen (secondary N) is 1. The molecule has 1 aromatic heterocycles. The van der Waals surface area contributed by atoms with Crippen LogP contribution in [0.2, 0.25) is 0 Å². The van der Waals surface area contributed by atoms with E-state index >= 15 is 0 Å². The maximum Gasteiger partial charge on any atom is 0.397 e. The highest BCUT2D eigenvalue weighted by molar-refractivity contribution is 6.37. The molecule has 0 aliphatic carbocycles. The monoisotopic (exact) mass is 244 g/mol. The van der Waals surface area contributed by atoms with Crippen LogP contribution in [0, 0.1) is 0 Å². The number of rotatable bonds is 2. The molecular weight excluding hydrogens is 232 g/mol. The molecule has 0 radical (unpaired) electrons. The third-order valence-electron chi connectivity index (χ3n) is 2.32. The summed E-state index contributed by atoms with van der Waals surface area (Å²) in [6.45, 7) is 1.82. The van der Waals surface area contributed by atoms with Crippen molar-refractivity contribution in [3.63, 3.8) is 0 Å². The Bertz CT molecular complexity index is 596. The second-order valence-electron chi connectivity index (χ2n) is 3.59. The average Bonchev–Trinajstić information content (AvgIpc) is 2.39. The largest absolute Gasteiger partial charge is 0.459 e. The van der Waals surface area contributed by atoms with Gasteiger partial charge < -0.3 is 10.1 Å². The Balaban J connectivity index is 2.17. The number of anilines is 1. The Morgan fingerprint density at radius 1 is 1.33 bits per heavy atom. The number of esters is 1. The molecule has 0 atom stereocenters. The summed E-state index contributed by atoms with van der Waals surface area (Å²) >= 11 is 0. The number of carbonyl (C=O) groups is 2. The molecule has 1 aromatic carbocycles. The first kappa shape index (κ1) is 12.0. The van der Waals surface area contributed by atoms with E-state index in [1.54, 1.807) is 37.4 Å². The van der Waals surface area contributed by atoms with Gasteiger partial charge in [0.15, 0.2) is 0 Å². The minimum Gasteiger partial charge on any atom is -0.459 e. The number of pyridine rings is 1. The van der Waals surface area contributed by atoms with E-state index in [0.717, 1.165) is 10.9 Å². The van der Waals surface area contributed by atoms with Crippen molar-refractivity contribution in [3.05, 3.63) is 36.5 Å². The van der Waals surface area contributed by atoms with Gasteiger partial charge in [0, 0.05) is 17.3 Å². The highest BCUT2D eigenvalue weighted by Gasteiger charge is 2.14. The maximum atomic E-state index is 11.4. The van der Waals surface area contributed by atoms with E-state index in [1.807, 2.05) is 6.07 Å². The first-order valence-corrected chi connectivity index (χ1v) is 5.53. The van der Waals surface area contributed by atoms with E-state index in [2.05, 4.69) is 15.0 Å². The van der Waals surface area contributed by atoms with Crippen molar-refractivity contribution in [1.82, 2.24) is 4.98 Å². The zero-order valence-electron chi connectivity index (χ0n) is 9.84. The summed E-state index contributed by atoms with van der Waals surface area (Å²) in [6, 6.07) is 8.89. The molecule has 5 nitrogen and oxygen atoms in total. The van der Waals surface area contributed by atoms with Gasteiger partial charge in [0.05, 0.1) is 12.1 Å². The lowest BCUT2D eigenvalue weighted by Crippen LogP contribution is -2.24. The molecule has 0 bridgehead atoms. The van der Waals surface area contributed by atoms with Gasteiger partial charge in [0.1, 0.15) is 0 Å². The van der Waals surface area contributed by atoms with Gasteiger partial charge in [0.2, 0.25) is 0 Å². The maximum absolute atomic E-state index is 11.4. The first-order valence-electron chi connectivity index (χ1n) is 5.53. The Kier molecular flexibility index (Phi) is 3.52. The van der Waals surface area contributed by atoms with Crippen LogP contribution in [-0.4, -0.2) is 23.5 Å². The van der Waals surface area contributed by atoms with Crippen molar-refractivity contribution in [2.75, 3.05) is 11.9 Å². The Morgan fingerprint density at radius 2 is 2.17 bits per heavy atom. The quantitative estimate of drug-likeness (QED) is 0.645. The number of carbonyl (C=O) groups excluding carboxylic acids is 2. The average molecular weight is 244 g/mol. The normalized spacial score (nSPS) is 10.1. The standard InChI is InChI=1S/C13H12N2O3/c1-2-18-13(17)12(16)15-10-5-6-11-9(8-10)4-3-7-14-11/h3-8H,2H2,1H3,(H,15,16). The molecule has 0 saturated heterocycles. The van der Waals surface area contributed by atoms with Crippen molar-refractivity contribution >= 4 is 28.5 Å². The second-order valence-corrected chi connectivity index (χ2v) is 3.59. The molecule has 0 fully saturated rings. The topological polar surface area (TPSA) is 68.3 Å². The smallest absolute Gasteiger partial charge is 0.397 e. The molecule has 0 spiro atoms. The lowest BCUT2D eigenvalue weighted by atomic mass is 10.2. The molecule has 0 unspecified atom stereocenters. The summed E-state index contributed by atoms with van der Waals surface area (Å²) < 4.78 is 4.60. The van der Waals surface area contributed by atoms with Gasteiger partial charge in [-0.15, -0.1) is 0 Å². The summed E-state index contributed by atoms with van der Waals surface area (Å²) in [5.74, 6) is -1.66. The summed E-state index contributed by atoms with van der Waals surface area (Å²) in [5.41, 5.74) is 1.36. The highest BCUT2D eigenvalue weighted by Crippen LogP contribution is 2.16. The van der Waals surface area contributed by atoms with Crippen LogP contribution < -0.4 is 5.32 Å². The van der Waals surface area contributed by atoms with E-state index in [1.165, 1.54) is 0 Å². The summed E-state index contributed by atoms with van der Waals surface area (Å²) in [4.78, 5) is 26.8. The van der Waals surface area contributed by atoms with Crippen molar-refractivity contribution in [1.29, 1.82) is 0 Å². The summed E-state index contributed by atoms with van der Waals surface area (Å²) in [5, 5.41) is 3.37. The fourth-order valence-corrected chi connectivity index (χ4v) is 1.53. The molecule has 1 amide bonds. The minimum absolute atomic E-state index is 0.174. The molecule has 92 valence electrons. The molecule has 5 heteroatoms. The van der Waals surface area contributed by atoms with E-state index < -0.39 is 11.9 Å². The number of ether oxygens (including phenoxy) is 1. The predicted molar refractivity (Wildman–Crippen MR) is 67.0 cm³/mol. The van der Waals surface area contributed by atoms with Crippen LogP contribution in [0.15, 0.2) is 36.5 Å². The predicted octanol–water partition coefficient (Wildman–Crippen LogP) is 1.74. The minimum atomic E-state index is -0.885. The van der Waals surface area contributed by atoms with Gasteiger partial charge >= 0.3 is 11.9 Å². The summed E-state index contributed by atoms with van der Waals surface area (Å²) in [7, 11) is 0. The number of benzene rings is 1. The number of hydrogen-bond acceptors (Lipinski definition) is 4. The Hall–Kier alpha value is -2.43. The molecule has 0 saturated carbocycles. The first-order chi connectivity index (χ1) is 8.70. The third-order valence-corrected chi connectivity index (χ3v) is 2.32. The SMILES string of the molecule is CCOC(=O)C(=O)Nc1ccc2ncccc2c1. The van der Waals surface area contributed by atoms with Crippen LogP contribution in [0.5, 0.6) is 0 Å². The van der Waals surface area contributed by atoms with E-state index in [0.29, 0.717) is 5.69 Å².